The molecule has 0 aromatic carbocycles. The summed E-state index contributed by atoms with van der Waals surface area (Å²) in [6.45, 7) is 4.36. The van der Waals surface area contributed by atoms with Gasteiger partial charge in [0.25, 0.3) is 0 Å². The Balaban J connectivity index is 2.16. The van der Waals surface area contributed by atoms with Gasteiger partial charge in [-0.1, -0.05) is 6.92 Å². The lowest BCUT2D eigenvalue weighted by atomic mass is 10.2. The minimum Gasteiger partial charge on any atom is -0.316 e. The highest BCUT2D eigenvalue weighted by Gasteiger charge is 1.89. The molecule has 0 saturated heterocycles. The zero-order valence-corrected chi connectivity index (χ0v) is 7.59. The number of hydrogen-bond donors (Lipinski definition) is 1. The van der Waals surface area contributed by atoms with E-state index in [2.05, 4.69) is 29.4 Å². The van der Waals surface area contributed by atoms with Gasteiger partial charge < -0.3 is 5.32 Å². The van der Waals surface area contributed by atoms with Crippen molar-refractivity contribution in [2.45, 2.75) is 19.8 Å². The molecule has 0 radical (unpaired) electrons. The maximum Gasteiger partial charge on any atom is 0.0270 e. The molecule has 0 spiro atoms. The third-order valence-corrected chi connectivity index (χ3v) is 1.77. The molecule has 0 bridgehead atoms. The topological polar surface area (TPSA) is 24.9 Å². The van der Waals surface area contributed by atoms with Gasteiger partial charge in [-0.05, 0) is 43.6 Å². The zero-order valence-electron chi connectivity index (χ0n) is 7.59. The second-order valence-corrected chi connectivity index (χ2v) is 2.86. The van der Waals surface area contributed by atoms with Crippen LogP contribution in [-0.2, 0) is 6.42 Å². The molecule has 1 rings (SSSR count). The van der Waals surface area contributed by atoms with E-state index in [1.165, 1.54) is 12.0 Å². The fraction of sp³-hybridized carbons (Fsp3) is 0.500. The van der Waals surface area contributed by atoms with Crippen LogP contribution >= 0.6 is 0 Å². The van der Waals surface area contributed by atoms with Gasteiger partial charge >= 0.3 is 0 Å². The SMILES string of the molecule is CCCNCCc1ccncc1. The Morgan fingerprint density at radius 3 is 2.67 bits per heavy atom. The van der Waals surface area contributed by atoms with Crippen molar-refractivity contribution in [2.75, 3.05) is 13.1 Å². The highest BCUT2D eigenvalue weighted by atomic mass is 14.8. The quantitative estimate of drug-likeness (QED) is 0.669. The Kier molecular flexibility index (Phi) is 4.39. The molecule has 0 aliphatic rings. The van der Waals surface area contributed by atoms with E-state index in [-0.39, 0.29) is 0 Å². The van der Waals surface area contributed by atoms with Gasteiger partial charge in [-0.3, -0.25) is 4.98 Å². The summed E-state index contributed by atoms with van der Waals surface area (Å²) < 4.78 is 0. The standard InChI is InChI=1S/C10H16N2/c1-2-6-11-7-3-10-4-8-12-9-5-10/h4-5,8-9,11H,2-3,6-7H2,1H3. The number of hydrogen-bond acceptors (Lipinski definition) is 2. The molecule has 0 atom stereocenters. The first kappa shape index (κ1) is 9.20. The Bertz CT molecular complexity index is 196. The molecule has 0 fully saturated rings. The summed E-state index contributed by atoms with van der Waals surface area (Å²) in [4.78, 5) is 3.97. The molecule has 0 amide bonds. The summed E-state index contributed by atoms with van der Waals surface area (Å²) in [6.07, 6.45) is 5.99. The van der Waals surface area contributed by atoms with Crippen LogP contribution in [0.1, 0.15) is 18.9 Å². The number of rotatable bonds is 5. The smallest absolute Gasteiger partial charge is 0.0270 e. The fourth-order valence-corrected chi connectivity index (χ4v) is 1.08. The molecule has 0 unspecified atom stereocenters. The molecular formula is C10H16N2. The molecular weight excluding hydrogens is 148 g/mol. The number of nitrogens with zero attached hydrogens (tertiary/aromatic N) is 1. The average molecular weight is 164 g/mol. The van der Waals surface area contributed by atoms with Gasteiger partial charge in [0.1, 0.15) is 0 Å². The van der Waals surface area contributed by atoms with Gasteiger partial charge in [0.15, 0.2) is 0 Å². The summed E-state index contributed by atoms with van der Waals surface area (Å²) in [5, 5.41) is 3.36. The lowest BCUT2D eigenvalue weighted by molar-refractivity contribution is 0.671. The van der Waals surface area contributed by atoms with Crippen LogP contribution in [0, 0.1) is 0 Å². The van der Waals surface area contributed by atoms with Crippen molar-refractivity contribution < 1.29 is 0 Å². The van der Waals surface area contributed by atoms with E-state index in [4.69, 9.17) is 0 Å². The van der Waals surface area contributed by atoms with Crippen LogP contribution in [0.5, 0.6) is 0 Å². The van der Waals surface area contributed by atoms with Crippen LogP contribution < -0.4 is 5.32 Å². The monoisotopic (exact) mass is 164 g/mol. The number of aromatic nitrogens is 1. The van der Waals surface area contributed by atoms with Crippen molar-refractivity contribution in [3.63, 3.8) is 0 Å². The van der Waals surface area contributed by atoms with Gasteiger partial charge in [0.05, 0.1) is 0 Å². The highest BCUT2D eigenvalue weighted by Crippen LogP contribution is 1.95. The Labute approximate surface area is 74.0 Å². The third-order valence-electron chi connectivity index (χ3n) is 1.77. The first-order valence-electron chi connectivity index (χ1n) is 4.53. The molecule has 2 nitrogen and oxygen atoms in total. The molecule has 12 heavy (non-hydrogen) atoms. The minimum absolute atomic E-state index is 1.07. The van der Waals surface area contributed by atoms with E-state index in [1.807, 2.05) is 12.4 Å². The first-order chi connectivity index (χ1) is 5.93. The van der Waals surface area contributed by atoms with Crippen molar-refractivity contribution >= 4 is 0 Å². The van der Waals surface area contributed by atoms with Crippen LogP contribution in [0.25, 0.3) is 0 Å². The van der Waals surface area contributed by atoms with Gasteiger partial charge in [-0.2, -0.15) is 0 Å². The number of pyridine rings is 1. The van der Waals surface area contributed by atoms with Crippen LogP contribution in [0.2, 0.25) is 0 Å². The molecule has 0 aliphatic heterocycles. The molecule has 1 aromatic heterocycles. The first-order valence-corrected chi connectivity index (χ1v) is 4.53. The molecule has 0 saturated carbocycles. The van der Waals surface area contributed by atoms with Gasteiger partial charge in [-0.25, -0.2) is 0 Å². The Hall–Kier alpha value is -0.890. The zero-order chi connectivity index (χ0) is 8.65. The lowest BCUT2D eigenvalue weighted by Crippen LogP contribution is -2.17. The summed E-state index contributed by atoms with van der Waals surface area (Å²) in [5.41, 5.74) is 1.36. The third kappa shape index (κ3) is 3.49. The van der Waals surface area contributed by atoms with Crippen molar-refractivity contribution in [1.29, 1.82) is 0 Å². The minimum atomic E-state index is 1.07. The Morgan fingerprint density at radius 2 is 2.00 bits per heavy atom. The maximum atomic E-state index is 3.97. The molecule has 1 aromatic rings. The highest BCUT2D eigenvalue weighted by molar-refractivity contribution is 5.09. The molecule has 1 heterocycles. The van der Waals surface area contributed by atoms with E-state index in [0.29, 0.717) is 0 Å². The van der Waals surface area contributed by atoms with E-state index in [9.17, 15) is 0 Å². The van der Waals surface area contributed by atoms with Crippen molar-refractivity contribution in [3.05, 3.63) is 30.1 Å². The second-order valence-electron chi connectivity index (χ2n) is 2.86. The predicted octanol–water partition coefficient (Wildman–Crippen LogP) is 1.62. The van der Waals surface area contributed by atoms with Crippen LogP contribution in [0.3, 0.4) is 0 Å². The van der Waals surface area contributed by atoms with Crippen molar-refractivity contribution in [3.8, 4) is 0 Å². The normalized spacial score (nSPS) is 10.1. The van der Waals surface area contributed by atoms with Gasteiger partial charge in [0.2, 0.25) is 0 Å². The van der Waals surface area contributed by atoms with E-state index < -0.39 is 0 Å². The van der Waals surface area contributed by atoms with Crippen LogP contribution in [0.15, 0.2) is 24.5 Å². The van der Waals surface area contributed by atoms with E-state index in [1.54, 1.807) is 0 Å². The largest absolute Gasteiger partial charge is 0.316 e. The fourth-order valence-electron chi connectivity index (χ4n) is 1.08. The summed E-state index contributed by atoms with van der Waals surface area (Å²) in [5.74, 6) is 0. The molecule has 2 heteroatoms. The van der Waals surface area contributed by atoms with Crippen molar-refractivity contribution in [1.82, 2.24) is 10.3 Å². The Morgan fingerprint density at radius 1 is 1.25 bits per heavy atom. The summed E-state index contributed by atoms with van der Waals surface area (Å²) in [6, 6.07) is 4.13. The average Bonchev–Trinajstić information content (AvgIpc) is 2.14. The van der Waals surface area contributed by atoms with Crippen LogP contribution in [0.4, 0.5) is 0 Å². The summed E-state index contributed by atoms with van der Waals surface area (Å²) >= 11 is 0. The second kappa shape index (κ2) is 5.72. The van der Waals surface area contributed by atoms with E-state index >= 15 is 0 Å². The molecule has 66 valence electrons. The lowest BCUT2D eigenvalue weighted by Gasteiger charge is -2.01. The summed E-state index contributed by atoms with van der Waals surface area (Å²) in [7, 11) is 0. The van der Waals surface area contributed by atoms with E-state index in [0.717, 1.165) is 19.5 Å². The van der Waals surface area contributed by atoms with Crippen molar-refractivity contribution in [2.24, 2.45) is 0 Å². The number of nitrogens with one attached hydrogen (secondary N) is 1. The maximum absolute atomic E-state index is 3.97. The van der Waals surface area contributed by atoms with Crippen LogP contribution in [-0.4, -0.2) is 18.1 Å². The predicted molar refractivity (Wildman–Crippen MR) is 51.1 cm³/mol. The molecule has 1 N–H and O–H groups in total. The molecule has 0 aliphatic carbocycles. The van der Waals surface area contributed by atoms with Gasteiger partial charge in [-0.15, -0.1) is 0 Å². The van der Waals surface area contributed by atoms with Gasteiger partial charge in [0, 0.05) is 12.4 Å².